The maximum absolute atomic E-state index is 14.2. The summed E-state index contributed by atoms with van der Waals surface area (Å²) < 4.78 is 41.5. The minimum atomic E-state index is -0.982. The highest BCUT2D eigenvalue weighted by Gasteiger charge is 2.37. The van der Waals surface area contributed by atoms with Crippen LogP contribution < -0.4 is 4.90 Å². The molecule has 1 heterocycles. The van der Waals surface area contributed by atoms with Crippen LogP contribution in [0.15, 0.2) is 36.4 Å². The predicted molar refractivity (Wildman–Crippen MR) is 80.2 cm³/mol. The van der Waals surface area contributed by atoms with Crippen LogP contribution in [-0.4, -0.2) is 11.7 Å². The quantitative estimate of drug-likeness (QED) is 0.840. The van der Waals surface area contributed by atoms with Crippen molar-refractivity contribution in [3.63, 3.8) is 0 Å². The van der Waals surface area contributed by atoms with E-state index in [0.29, 0.717) is 5.56 Å². The first-order chi connectivity index (χ1) is 11.0. The van der Waals surface area contributed by atoms with Crippen molar-refractivity contribution in [2.24, 2.45) is 0 Å². The molecule has 116 valence electrons. The van der Waals surface area contributed by atoms with Crippen molar-refractivity contribution < 1.29 is 18.0 Å². The summed E-state index contributed by atoms with van der Waals surface area (Å²) >= 11 is 1.20. The number of benzene rings is 2. The van der Waals surface area contributed by atoms with Gasteiger partial charge < -0.3 is 0 Å². The summed E-state index contributed by atoms with van der Waals surface area (Å²) in [5, 5.41) is 8.09. The van der Waals surface area contributed by atoms with E-state index >= 15 is 0 Å². The third-order valence-electron chi connectivity index (χ3n) is 3.41. The normalized spacial score (nSPS) is 17.4. The standard InChI is InChI=1S/C16H9F3N2OS/c17-11-3-1-10(2-4-11)16-21(14(22)8-23-16)15-12(18)5-9(7-20)6-13(15)19/h1-6,16H,8H2. The van der Waals surface area contributed by atoms with Crippen molar-refractivity contribution in [2.45, 2.75) is 5.37 Å². The van der Waals surface area contributed by atoms with Gasteiger partial charge in [-0.15, -0.1) is 11.8 Å². The lowest BCUT2D eigenvalue weighted by atomic mass is 10.1. The second-order valence-electron chi connectivity index (χ2n) is 4.88. The van der Waals surface area contributed by atoms with E-state index in [4.69, 9.17) is 5.26 Å². The average molecular weight is 334 g/mol. The fraction of sp³-hybridized carbons (Fsp3) is 0.125. The second kappa shape index (κ2) is 5.97. The molecule has 1 unspecified atom stereocenters. The first-order valence-corrected chi connectivity index (χ1v) is 7.64. The summed E-state index contributed by atoms with van der Waals surface area (Å²) in [6.45, 7) is 0. The Morgan fingerprint density at radius 2 is 1.74 bits per heavy atom. The van der Waals surface area contributed by atoms with Crippen molar-refractivity contribution in [3.8, 4) is 6.07 Å². The summed E-state index contributed by atoms with van der Waals surface area (Å²) in [4.78, 5) is 13.1. The molecule has 7 heteroatoms. The van der Waals surface area contributed by atoms with E-state index < -0.39 is 34.4 Å². The smallest absolute Gasteiger partial charge is 0.238 e. The largest absolute Gasteiger partial charge is 0.290 e. The Morgan fingerprint density at radius 1 is 1.13 bits per heavy atom. The number of anilines is 1. The molecule has 3 rings (SSSR count). The average Bonchev–Trinajstić information content (AvgIpc) is 2.89. The van der Waals surface area contributed by atoms with Gasteiger partial charge in [0.15, 0.2) is 11.6 Å². The summed E-state index contributed by atoms with van der Waals surface area (Å²) in [5.74, 6) is -2.80. The van der Waals surface area contributed by atoms with Crippen LogP contribution in [0.3, 0.4) is 0 Å². The predicted octanol–water partition coefficient (Wildman–Crippen LogP) is 3.75. The zero-order valence-corrected chi connectivity index (χ0v) is 12.4. The molecule has 2 aromatic carbocycles. The van der Waals surface area contributed by atoms with Crippen LogP contribution in [0.1, 0.15) is 16.5 Å². The zero-order chi connectivity index (χ0) is 16.6. The Kier molecular flexibility index (Phi) is 4.01. The molecule has 2 aromatic rings. The number of rotatable bonds is 2. The summed E-state index contributed by atoms with van der Waals surface area (Å²) in [6, 6.07) is 8.82. The number of halogens is 3. The Balaban J connectivity index is 2.08. The Morgan fingerprint density at radius 3 is 2.30 bits per heavy atom. The van der Waals surface area contributed by atoms with Crippen molar-refractivity contribution in [1.29, 1.82) is 5.26 Å². The second-order valence-corrected chi connectivity index (χ2v) is 5.95. The van der Waals surface area contributed by atoms with Gasteiger partial charge in [-0.1, -0.05) is 12.1 Å². The number of nitriles is 1. The van der Waals surface area contributed by atoms with E-state index in [1.807, 2.05) is 0 Å². The van der Waals surface area contributed by atoms with Gasteiger partial charge in [-0.05, 0) is 29.8 Å². The molecule has 0 aromatic heterocycles. The fourth-order valence-corrected chi connectivity index (χ4v) is 3.56. The number of hydrogen-bond donors (Lipinski definition) is 0. The van der Waals surface area contributed by atoms with Gasteiger partial charge in [0.2, 0.25) is 5.91 Å². The SMILES string of the molecule is N#Cc1cc(F)c(N2C(=O)CSC2c2ccc(F)cc2)c(F)c1. The summed E-state index contributed by atoms with van der Waals surface area (Å²) in [7, 11) is 0. The van der Waals surface area contributed by atoms with Crippen molar-refractivity contribution >= 4 is 23.4 Å². The van der Waals surface area contributed by atoms with Gasteiger partial charge in [0.05, 0.1) is 17.4 Å². The Labute approximate surface area is 134 Å². The molecule has 0 bridgehead atoms. The Hall–Kier alpha value is -2.46. The molecule has 1 atom stereocenters. The van der Waals surface area contributed by atoms with Gasteiger partial charge in [-0.25, -0.2) is 13.2 Å². The van der Waals surface area contributed by atoms with Crippen LogP contribution in [0.2, 0.25) is 0 Å². The molecule has 3 nitrogen and oxygen atoms in total. The van der Waals surface area contributed by atoms with E-state index in [1.54, 1.807) is 6.07 Å². The lowest BCUT2D eigenvalue weighted by molar-refractivity contribution is -0.115. The molecular weight excluding hydrogens is 325 g/mol. The monoisotopic (exact) mass is 334 g/mol. The van der Waals surface area contributed by atoms with Crippen LogP contribution in [0.25, 0.3) is 0 Å². The molecule has 0 aliphatic carbocycles. The summed E-state index contributed by atoms with van der Waals surface area (Å²) in [5.41, 5.74) is -0.0971. The van der Waals surface area contributed by atoms with Gasteiger partial charge in [-0.2, -0.15) is 5.26 Å². The molecule has 1 aliphatic rings. The number of hydrogen-bond acceptors (Lipinski definition) is 3. The van der Waals surface area contributed by atoms with E-state index in [-0.39, 0.29) is 11.3 Å². The lowest BCUT2D eigenvalue weighted by Crippen LogP contribution is -2.29. The maximum atomic E-state index is 14.2. The molecule has 1 amide bonds. The number of amides is 1. The van der Waals surface area contributed by atoms with Gasteiger partial charge in [-0.3, -0.25) is 9.69 Å². The van der Waals surface area contributed by atoms with Crippen molar-refractivity contribution in [1.82, 2.24) is 0 Å². The van der Waals surface area contributed by atoms with Crippen LogP contribution in [0.4, 0.5) is 18.9 Å². The fourth-order valence-electron chi connectivity index (χ4n) is 2.40. The van der Waals surface area contributed by atoms with Crippen LogP contribution in [-0.2, 0) is 4.79 Å². The molecular formula is C16H9F3N2OS. The molecule has 0 saturated carbocycles. The van der Waals surface area contributed by atoms with E-state index in [1.165, 1.54) is 36.0 Å². The van der Waals surface area contributed by atoms with E-state index in [9.17, 15) is 18.0 Å². The van der Waals surface area contributed by atoms with Gasteiger partial charge in [0, 0.05) is 0 Å². The minimum absolute atomic E-state index is 0.0565. The van der Waals surface area contributed by atoms with E-state index in [0.717, 1.165) is 17.0 Å². The molecule has 1 aliphatic heterocycles. The van der Waals surface area contributed by atoms with Crippen LogP contribution >= 0.6 is 11.8 Å². The first kappa shape index (κ1) is 15.4. The minimum Gasteiger partial charge on any atom is -0.290 e. The highest BCUT2D eigenvalue weighted by molar-refractivity contribution is 8.00. The number of carbonyl (C=O) groups excluding carboxylic acids is 1. The first-order valence-electron chi connectivity index (χ1n) is 6.59. The molecule has 0 spiro atoms. The Bertz CT molecular complexity index is 794. The molecule has 23 heavy (non-hydrogen) atoms. The summed E-state index contributed by atoms with van der Waals surface area (Å²) in [6.07, 6.45) is 0. The number of nitrogens with zero attached hydrogens (tertiary/aromatic N) is 2. The van der Waals surface area contributed by atoms with Crippen molar-refractivity contribution in [2.75, 3.05) is 10.7 Å². The van der Waals surface area contributed by atoms with Crippen LogP contribution in [0, 0.1) is 28.8 Å². The maximum Gasteiger partial charge on any atom is 0.238 e. The molecule has 1 fully saturated rings. The highest BCUT2D eigenvalue weighted by atomic mass is 32.2. The van der Waals surface area contributed by atoms with Gasteiger partial charge >= 0.3 is 0 Å². The number of thioether (sulfide) groups is 1. The van der Waals surface area contributed by atoms with E-state index in [2.05, 4.69) is 0 Å². The third kappa shape index (κ3) is 2.78. The van der Waals surface area contributed by atoms with Crippen LogP contribution in [0.5, 0.6) is 0 Å². The third-order valence-corrected chi connectivity index (χ3v) is 4.62. The van der Waals surface area contributed by atoms with Gasteiger partial charge in [0.25, 0.3) is 0 Å². The van der Waals surface area contributed by atoms with Crippen molar-refractivity contribution in [3.05, 3.63) is 65.0 Å². The zero-order valence-electron chi connectivity index (χ0n) is 11.6. The van der Waals surface area contributed by atoms with Gasteiger partial charge in [0.1, 0.15) is 16.9 Å². The molecule has 0 radical (unpaired) electrons. The molecule has 0 N–H and O–H groups in total. The highest BCUT2D eigenvalue weighted by Crippen LogP contribution is 2.43. The lowest BCUT2D eigenvalue weighted by Gasteiger charge is -2.25. The topological polar surface area (TPSA) is 44.1 Å². The molecule has 1 saturated heterocycles. The number of carbonyl (C=O) groups is 1.